The Morgan fingerprint density at radius 1 is 1.44 bits per heavy atom. The van der Waals surface area contributed by atoms with Gasteiger partial charge in [-0.3, -0.25) is 4.79 Å². The van der Waals surface area contributed by atoms with Gasteiger partial charge in [-0.25, -0.2) is 0 Å². The average Bonchev–Trinajstić information content (AvgIpc) is 2.56. The highest BCUT2D eigenvalue weighted by molar-refractivity contribution is 5.72. The molecule has 2 aliphatic carbocycles. The Hall–Kier alpha value is -0.790. The lowest BCUT2D eigenvalue weighted by Crippen LogP contribution is -2.40. The van der Waals surface area contributed by atoms with Crippen LogP contribution in [0.3, 0.4) is 0 Å². The first-order valence-corrected chi connectivity index (χ1v) is 6.48. The predicted octanol–water partition coefficient (Wildman–Crippen LogP) is 3.07. The quantitative estimate of drug-likeness (QED) is 0.463. The molecule has 88 valence electrons. The van der Waals surface area contributed by atoms with Gasteiger partial charge < -0.3 is 4.74 Å². The fourth-order valence-electron chi connectivity index (χ4n) is 3.86. The molecule has 0 aromatic heterocycles. The molecule has 0 amide bonds. The van der Waals surface area contributed by atoms with Crippen molar-refractivity contribution in [1.82, 2.24) is 0 Å². The summed E-state index contributed by atoms with van der Waals surface area (Å²) in [5.41, 5.74) is 1.90. The lowest BCUT2D eigenvalue weighted by atomic mass is 9.58. The summed E-state index contributed by atoms with van der Waals surface area (Å²) < 4.78 is 5.41. The highest BCUT2D eigenvalue weighted by atomic mass is 16.5. The van der Waals surface area contributed by atoms with Crippen molar-refractivity contribution in [2.75, 3.05) is 0 Å². The van der Waals surface area contributed by atoms with Gasteiger partial charge in [-0.1, -0.05) is 25.5 Å². The van der Waals surface area contributed by atoms with Crippen molar-refractivity contribution in [3.8, 4) is 0 Å². The van der Waals surface area contributed by atoms with Gasteiger partial charge in [-0.15, -0.1) is 0 Å². The van der Waals surface area contributed by atoms with Crippen LogP contribution in [0.2, 0.25) is 0 Å². The number of hydrogen-bond donors (Lipinski definition) is 0. The minimum atomic E-state index is 0.0190. The molecule has 3 rings (SSSR count). The molecule has 2 fully saturated rings. The van der Waals surface area contributed by atoms with E-state index in [2.05, 4.69) is 19.9 Å². The monoisotopic (exact) mass is 220 g/mol. The van der Waals surface area contributed by atoms with E-state index in [1.165, 1.54) is 12.8 Å². The lowest BCUT2D eigenvalue weighted by molar-refractivity contribution is -0.141. The van der Waals surface area contributed by atoms with Crippen LogP contribution in [0.25, 0.3) is 0 Å². The van der Waals surface area contributed by atoms with E-state index in [4.69, 9.17) is 4.74 Å². The molecule has 0 bridgehead atoms. The van der Waals surface area contributed by atoms with E-state index in [1.54, 1.807) is 5.57 Å². The van der Waals surface area contributed by atoms with Gasteiger partial charge in [0.1, 0.15) is 6.10 Å². The minimum absolute atomic E-state index is 0.0190. The van der Waals surface area contributed by atoms with Crippen LogP contribution in [0.1, 0.15) is 46.0 Å². The summed E-state index contributed by atoms with van der Waals surface area (Å²) in [6, 6.07) is 0. The molecule has 2 nitrogen and oxygen atoms in total. The standard InChI is InChI=1S/C14H20O2/c1-9-4-3-5-11-7-12-10(6-13(15)16-12)8-14(9,11)2/h5,9-10,12H,3-4,6-8H2,1-2H3/t9-,10-,12+,14+/m1/s1. The van der Waals surface area contributed by atoms with Crippen LogP contribution < -0.4 is 0 Å². The highest BCUT2D eigenvalue weighted by Crippen LogP contribution is 2.54. The van der Waals surface area contributed by atoms with Gasteiger partial charge in [-0.2, -0.15) is 0 Å². The first-order chi connectivity index (χ1) is 7.59. The Labute approximate surface area is 97.1 Å². The van der Waals surface area contributed by atoms with E-state index < -0.39 is 0 Å². The number of esters is 1. The molecular formula is C14H20O2. The Kier molecular flexibility index (Phi) is 2.17. The van der Waals surface area contributed by atoms with E-state index in [9.17, 15) is 4.79 Å². The first kappa shape index (κ1) is 10.4. The molecule has 3 aliphatic rings. The summed E-state index contributed by atoms with van der Waals surface area (Å²) in [7, 11) is 0. The van der Waals surface area contributed by atoms with Crippen molar-refractivity contribution in [2.45, 2.75) is 52.1 Å². The third-order valence-electron chi connectivity index (χ3n) is 5.16. The number of carbonyl (C=O) groups excluding carboxylic acids is 1. The van der Waals surface area contributed by atoms with E-state index >= 15 is 0 Å². The molecule has 0 aromatic carbocycles. The van der Waals surface area contributed by atoms with Crippen LogP contribution in [0, 0.1) is 17.3 Å². The SMILES string of the molecule is C[C@@H]1CCC=C2C[C@@H]3OC(=O)C[C@@H]3C[C@]21C. The highest BCUT2D eigenvalue weighted by Gasteiger charge is 2.49. The molecule has 0 unspecified atom stereocenters. The van der Waals surface area contributed by atoms with Gasteiger partial charge in [0.25, 0.3) is 0 Å². The molecule has 16 heavy (non-hydrogen) atoms. The Bertz CT molecular complexity index is 358. The molecule has 0 spiro atoms. The van der Waals surface area contributed by atoms with Crippen LogP contribution in [-0.2, 0) is 9.53 Å². The third-order valence-corrected chi connectivity index (χ3v) is 5.16. The van der Waals surface area contributed by atoms with Crippen LogP contribution in [0.5, 0.6) is 0 Å². The summed E-state index contributed by atoms with van der Waals surface area (Å²) in [4.78, 5) is 11.4. The first-order valence-electron chi connectivity index (χ1n) is 6.48. The number of carbonyl (C=O) groups is 1. The molecule has 0 aromatic rings. The molecule has 1 heterocycles. The van der Waals surface area contributed by atoms with Crippen molar-refractivity contribution in [3.05, 3.63) is 11.6 Å². The van der Waals surface area contributed by atoms with Crippen LogP contribution in [0.15, 0.2) is 11.6 Å². The normalized spacial score (nSPS) is 46.8. The number of hydrogen-bond acceptors (Lipinski definition) is 2. The Morgan fingerprint density at radius 3 is 3.06 bits per heavy atom. The molecule has 1 aliphatic heterocycles. The zero-order valence-corrected chi connectivity index (χ0v) is 10.2. The average molecular weight is 220 g/mol. The summed E-state index contributed by atoms with van der Waals surface area (Å²) in [5, 5.41) is 0. The molecular weight excluding hydrogens is 200 g/mol. The Balaban J connectivity index is 1.91. The molecule has 4 atom stereocenters. The number of fused-ring (bicyclic) bond motifs is 2. The smallest absolute Gasteiger partial charge is 0.306 e. The zero-order valence-electron chi connectivity index (χ0n) is 10.2. The summed E-state index contributed by atoms with van der Waals surface area (Å²) in [6.45, 7) is 4.76. The zero-order chi connectivity index (χ0) is 11.3. The number of allylic oxidation sites excluding steroid dienone is 1. The molecule has 0 N–H and O–H groups in total. The van der Waals surface area contributed by atoms with Crippen LogP contribution >= 0.6 is 0 Å². The van der Waals surface area contributed by atoms with Crippen molar-refractivity contribution < 1.29 is 9.53 Å². The van der Waals surface area contributed by atoms with E-state index in [-0.39, 0.29) is 12.1 Å². The second-order valence-corrected chi connectivity index (χ2v) is 6.03. The van der Waals surface area contributed by atoms with Crippen LogP contribution in [-0.4, -0.2) is 12.1 Å². The molecule has 0 radical (unpaired) electrons. The van der Waals surface area contributed by atoms with Crippen molar-refractivity contribution >= 4 is 5.97 Å². The summed E-state index contributed by atoms with van der Waals surface area (Å²) >= 11 is 0. The second kappa shape index (κ2) is 3.35. The molecule has 1 saturated heterocycles. The topological polar surface area (TPSA) is 26.3 Å². The molecule has 2 heteroatoms. The third kappa shape index (κ3) is 1.35. The van der Waals surface area contributed by atoms with Gasteiger partial charge >= 0.3 is 5.97 Å². The largest absolute Gasteiger partial charge is 0.462 e. The second-order valence-electron chi connectivity index (χ2n) is 6.03. The van der Waals surface area contributed by atoms with E-state index in [0.717, 1.165) is 18.8 Å². The van der Waals surface area contributed by atoms with E-state index in [1.807, 2.05) is 0 Å². The maximum absolute atomic E-state index is 11.4. The van der Waals surface area contributed by atoms with Crippen molar-refractivity contribution in [3.63, 3.8) is 0 Å². The fraction of sp³-hybridized carbons (Fsp3) is 0.786. The van der Waals surface area contributed by atoms with E-state index in [0.29, 0.717) is 17.8 Å². The fourth-order valence-corrected chi connectivity index (χ4v) is 3.86. The van der Waals surface area contributed by atoms with Gasteiger partial charge in [0.05, 0.1) is 6.42 Å². The van der Waals surface area contributed by atoms with Crippen LogP contribution in [0.4, 0.5) is 0 Å². The maximum Gasteiger partial charge on any atom is 0.306 e. The van der Waals surface area contributed by atoms with Gasteiger partial charge in [-0.05, 0) is 30.6 Å². The maximum atomic E-state index is 11.4. The minimum Gasteiger partial charge on any atom is -0.462 e. The van der Waals surface area contributed by atoms with Gasteiger partial charge in [0.2, 0.25) is 0 Å². The number of ether oxygens (including phenoxy) is 1. The molecule has 1 saturated carbocycles. The van der Waals surface area contributed by atoms with Crippen molar-refractivity contribution in [1.29, 1.82) is 0 Å². The van der Waals surface area contributed by atoms with Gasteiger partial charge in [0.15, 0.2) is 0 Å². The predicted molar refractivity (Wildman–Crippen MR) is 61.8 cm³/mol. The van der Waals surface area contributed by atoms with Gasteiger partial charge in [0, 0.05) is 12.3 Å². The summed E-state index contributed by atoms with van der Waals surface area (Å²) in [6.07, 6.45) is 7.90. The van der Waals surface area contributed by atoms with Crippen molar-refractivity contribution in [2.24, 2.45) is 17.3 Å². The number of rotatable bonds is 0. The lowest BCUT2D eigenvalue weighted by Gasteiger charge is -2.47. The summed E-state index contributed by atoms with van der Waals surface area (Å²) in [5.74, 6) is 1.25. The Morgan fingerprint density at radius 2 is 2.25 bits per heavy atom.